The molecule has 0 fully saturated rings. The lowest BCUT2D eigenvalue weighted by Gasteiger charge is -2.11. The molecule has 1 heterocycles. The number of rotatable bonds is 6. The topological polar surface area (TPSA) is 41.1 Å². The van der Waals surface area contributed by atoms with Gasteiger partial charge in [-0.05, 0) is 25.4 Å². The van der Waals surface area contributed by atoms with E-state index in [1.165, 1.54) is 17.4 Å². The monoisotopic (exact) mass is 316 g/mol. The highest BCUT2D eigenvalue weighted by atomic mass is 35.5. The first-order valence-corrected chi connectivity index (χ1v) is 6.78. The first-order valence-electron chi connectivity index (χ1n) is 5.02. The van der Waals surface area contributed by atoms with Crippen LogP contribution in [0.5, 0.6) is 0 Å². The van der Waals surface area contributed by atoms with Crippen LogP contribution in [0.3, 0.4) is 0 Å². The molecule has 18 heavy (non-hydrogen) atoms. The van der Waals surface area contributed by atoms with E-state index in [2.05, 4.69) is 10.6 Å². The van der Waals surface area contributed by atoms with Crippen molar-refractivity contribution < 1.29 is 13.6 Å². The van der Waals surface area contributed by atoms with Crippen LogP contribution in [0, 0.1) is 0 Å². The Kier molecular flexibility index (Phi) is 8.51. The van der Waals surface area contributed by atoms with Gasteiger partial charge in [0.15, 0.2) is 0 Å². The molecular formula is C10H15ClF2N2OS2. The lowest BCUT2D eigenvalue weighted by molar-refractivity contribution is 0.0952. The van der Waals surface area contributed by atoms with Gasteiger partial charge >= 0.3 is 0 Å². The van der Waals surface area contributed by atoms with E-state index in [9.17, 15) is 13.6 Å². The number of amides is 1. The molecule has 3 nitrogen and oxygen atoms in total. The van der Waals surface area contributed by atoms with Gasteiger partial charge in [0.05, 0.1) is 0 Å². The number of halogens is 3. The first kappa shape index (κ1) is 17.6. The number of thiophene rings is 1. The summed E-state index contributed by atoms with van der Waals surface area (Å²) in [6.45, 7) is 2.38. The second-order valence-electron chi connectivity index (χ2n) is 3.39. The molecule has 0 aromatic carbocycles. The van der Waals surface area contributed by atoms with Crippen molar-refractivity contribution in [3.8, 4) is 0 Å². The smallest absolute Gasteiger partial charge is 0.288 e. The minimum Gasteiger partial charge on any atom is -0.350 e. The van der Waals surface area contributed by atoms with Crippen LogP contribution in [0.2, 0.25) is 0 Å². The molecule has 2 N–H and O–H groups in total. The summed E-state index contributed by atoms with van der Waals surface area (Å²) < 4.78 is 24.5. The Labute approximate surface area is 119 Å². The van der Waals surface area contributed by atoms with E-state index in [0.717, 1.165) is 0 Å². The van der Waals surface area contributed by atoms with Gasteiger partial charge in [-0.15, -0.1) is 23.7 Å². The molecule has 0 aliphatic rings. The molecule has 8 heteroatoms. The molecule has 104 valence electrons. The SMILES string of the molecule is CNC(C)CNC(=O)c1sccc1SC(F)F.Cl. The summed E-state index contributed by atoms with van der Waals surface area (Å²) in [6, 6.07) is 1.68. The predicted molar refractivity (Wildman–Crippen MR) is 74.3 cm³/mol. The van der Waals surface area contributed by atoms with Gasteiger partial charge in [0.2, 0.25) is 0 Å². The first-order chi connectivity index (χ1) is 8.04. The number of hydrogen-bond donors (Lipinski definition) is 2. The molecule has 0 saturated carbocycles. The lowest BCUT2D eigenvalue weighted by Crippen LogP contribution is -2.37. The fourth-order valence-electron chi connectivity index (χ4n) is 1.08. The minimum atomic E-state index is -2.51. The number of alkyl halides is 2. The molecule has 1 amide bonds. The average molecular weight is 317 g/mol. The van der Waals surface area contributed by atoms with E-state index in [1.54, 1.807) is 12.4 Å². The van der Waals surface area contributed by atoms with Gasteiger partial charge in [0.25, 0.3) is 11.7 Å². The molecule has 1 atom stereocenters. The highest BCUT2D eigenvalue weighted by molar-refractivity contribution is 7.99. The molecule has 0 aliphatic heterocycles. The summed E-state index contributed by atoms with van der Waals surface area (Å²) in [5.74, 6) is -2.81. The van der Waals surface area contributed by atoms with E-state index in [-0.39, 0.29) is 24.4 Å². The van der Waals surface area contributed by atoms with Crippen LogP contribution in [0.25, 0.3) is 0 Å². The van der Waals surface area contributed by atoms with Crippen LogP contribution in [0.4, 0.5) is 8.78 Å². The van der Waals surface area contributed by atoms with E-state index >= 15 is 0 Å². The van der Waals surface area contributed by atoms with Gasteiger partial charge in [0, 0.05) is 17.5 Å². The predicted octanol–water partition coefficient (Wildman–Crippen LogP) is 2.82. The van der Waals surface area contributed by atoms with Gasteiger partial charge < -0.3 is 10.6 Å². The zero-order valence-corrected chi connectivity index (χ0v) is 12.4. The van der Waals surface area contributed by atoms with E-state index in [4.69, 9.17) is 0 Å². The van der Waals surface area contributed by atoms with Crippen LogP contribution < -0.4 is 10.6 Å². The molecule has 0 radical (unpaired) electrons. The van der Waals surface area contributed by atoms with Crippen molar-refractivity contribution in [2.45, 2.75) is 23.6 Å². The number of thioether (sulfide) groups is 1. The largest absolute Gasteiger partial charge is 0.350 e. The second kappa shape index (κ2) is 8.68. The van der Waals surface area contributed by atoms with Crippen LogP contribution in [-0.2, 0) is 0 Å². The summed E-state index contributed by atoms with van der Waals surface area (Å²) in [5, 5.41) is 7.32. The minimum absolute atomic E-state index is 0. The van der Waals surface area contributed by atoms with Crippen molar-refractivity contribution in [1.29, 1.82) is 0 Å². The number of likely N-dealkylation sites (N-methyl/N-ethyl adjacent to an activating group) is 1. The van der Waals surface area contributed by atoms with Gasteiger partial charge in [-0.25, -0.2) is 0 Å². The summed E-state index contributed by atoms with van der Waals surface area (Å²) in [6.07, 6.45) is 0. The third-order valence-corrected chi connectivity index (χ3v) is 3.93. The third-order valence-electron chi connectivity index (χ3n) is 2.11. The van der Waals surface area contributed by atoms with Gasteiger partial charge in [-0.2, -0.15) is 8.78 Å². The Hall–Kier alpha value is -0.370. The quantitative estimate of drug-likeness (QED) is 0.793. The Morgan fingerprint density at radius 3 is 2.78 bits per heavy atom. The molecule has 0 bridgehead atoms. The Morgan fingerprint density at radius 1 is 1.56 bits per heavy atom. The maximum absolute atomic E-state index is 12.2. The summed E-state index contributed by atoms with van der Waals surface area (Å²) in [7, 11) is 1.79. The lowest BCUT2D eigenvalue weighted by atomic mass is 10.3. The Balaban J connectivity index is 0.00000289. The summed E-state index contributed by atoms with van der Waals surface area (Å²) >= 11 is 1.57. The molecule has 0 aliphatic carbocycles. The maximum atomic E-state index is 12.2. The fourth-order valence-corrected chi connectivity index (χ4v) is 2.70. The molecule has 0 saturated heterocycles. The zero-order valence-electron chi connectivity index (χ0n) is 9.91. The third kappa shape index (κ3) is 5.51. The summed E-state index contributed by atoms with van der Waals surface area (Å²) in [4.78, 5) is 12.4. The van der Waals surface area contributed by atoms with E-state index in [1.807, 2.05) is 6.92 Å². The molecule has 1 rings (SSSR count). The number of hydrogen-bond acceptors (Lipinski definition) is 4. The van der Waals surface area contributed by atoms with Gasteiger partial charge in [-0.1, -0.05) is 11.8 Å². The molecule has 1 aromatic rings. The average Bonchev–Trinajstić information content (AvgIpc) is 2.72. The molecule has 0 spiro atoms. The van der Waals surface area contributed by atoms with Crippen molar-refractivity contribution >= 4 is 41.4 Å². The van der Waals surface area contributed by atoms with E-state index in [0.29, 0.717) is 28.1 Å². The zero-order chi connectivity index (χ0) is 12.8. The number of carbonyl (C=O) groups is 1. The summed E-state index contributed by atoms with van der Waals surface area (Å²) in [5.41, 5.74) is 0. The van der Waals surface area contributed by atoms with Crippen molar-refractivity contribution in [3.05, 3.63) is 16.3 Å². The second-order valence-corrected chi connectivity index (χ2v) is 5.34. The van der Waals surface area contributed by atoms with Crippen molar-refractivity contribution in [2.75, 3.05) is 13.6 Å². The Bertz CT molecular complexity index is 377. The van der Waals surface area contributed by atoms with Crippen LogP contribution in [-0.4, -0.2) is 31.3 Å². The highest BCUT2D eigenvalue weighted by Gasteiger charge is 2.17. The van der Waals surface area contributed by atoms with Gasteiger partial charge in [0.1, 0.15) is 4.88 Å². The fraction of sp³-hybridized carbons (Fsp3) is 0.500. The van der Waals surface area contributed by atoms with Crippen molar-refractivity contribution in [1.82, 2.24) is 10.6 Å². The van der Waals surface area contributed by atoms with Crippen LogP contribution in [0.15, 0.2) is 16.3 Å². The van der Waals surface area contributed by atoms with E-state index < -0.39 is 5.76 Å². The molecule has 1 aromatic heterocycles. The van der Waals surface area contributed by atoms with Crippen LogP contribution in [0.1, 0.15) is 16.6 Å². The van der Waals surface area contributed by atoms with Crippen molar-refractivity contribution in [3.63, 3.8) is 0 Å². The maximum Gasteiger partial charge on any atom is 0.288 e. The van der Waals surface area contributed by atoms with Crippen molar-refractivity contribution in [2.24, 2.45) is 0 Å². The normalized spacial score (nSPS) is 12.1. The molecular weight excluding hydrogens is 302 g/mol. The van der Waals surface area contributed by atoms with Crippen LogP contribution >= 0.6 is 35.5 Å². The van der Waals surface area contributed by atoms with Gasteiger partial charge in [-0.3, -0.25) is 4.79 Å². The molecule has 1 unspecified atom stereocenters. The highest BCUT2D eigenvalue weighted by Crippen LogP contribution is 2.31. The number of carbonyl (C=O) groups excluding carboxylic acids is 1. The number of nitrogens with one attached hydrogen (secondary N) is 2. The standard InChI is InChI=1S/C10H14F2N2OS2.ClH/c1-6(13-2)5-14-9(15)8-7(3-4-16-8)17-10(11)12;/h3-4,6,10,13H,5H2,1-2H3,(H,14,15);1H. The Morgan fingerprint density at radius 2 is 2.22 bits per heavy atom.